The maximum atomic E-state index is 11.6. The number of hydrogen-bond acceptors (Lipinski definition) is 4. The zero-order chi connectivity index (χ0) is 12.3. The summed E-state index contributed by atoms with van der Waals surface area (Å²) >= 11 is 0. The number of hydrogen-bond donors (Lipinski definition) is 2. The fraction of sp³-hybridized carbons (Fsp3) is 0.636. The number of aryl methyl sites for hydroxylation is 2. The summed E-state index contributed by atoms with van der Waals surface area (Å²) in [6, 6.07) is -0.472. The van der Waals surface area contributed by atoms with Crippen LogP contribution in [0.3, 0.4) is 0 Å². The highest BCUT2D eigenvalue weighted by atomic mass is 35.5. The monoisotopic (exact) mass is 261 g/mol. The second-order valence-corrected chi connectivity index (χ2v) is 4.29. The first kappa shape index (κ1) is 15.9. The molecule has 1 aromatic rings. The molecule has 0 aromatic carbocycles. The predicted molar refractivity (Wildman–Crippen MR) is 67.9 cm³/mol. The van der Waals surface area contributed by atoms with Crippen LogP contribution in [0.4, 0.5) is 0 Å². The Morgan fingerprint density at radius 3 is 2.47 bits per heavy atom. The molecule has 3 N–H and O–H groups in total. The molecule has 1 atom stereocenters. The van der Waals surface area contributed by atoms with Gasteiger partial charge in [0.1, 0.15) is 5.76 Å². The van der Waals surface area contributed by atoms with E-state index >= 15 is 0 Å². The Balaban J connectivity index is 0.00000256. The van der Waals surface area contributed by atoms with Gasteiger partial charge >= 0.3 is 0 Å². The van der Waals surface area contributed by atoms with Gasteiger partial charge in [-0.3, -0.25) is 4.79 Å². The van der Waals surface area contributed by atoms with Crippen LogP contribution in [-0.4, -0.2) is 17.1 Å². The molecule has 1 heterocycles. The number of amides is 1. The van der Waals surface area contributed by atoms with Gasteiger partial charge in [-0.05, 0) is 19.8 Å². The van der Waals surface area contributed by atoms with Gasteiger partial charge in [0.15, 0.2) is 0 Å². The van der Waals surface area contributed by atoms with Crippen LogP contribution in [0.1, 0.15) is 30.9 Å². The van der Waals surface area contributed by atoms with Gasteiger partial charge in [0.05, 0.1) is 11.7 Å². The smallest absolute Gasteiger partial charge is 0.237 e. The molecule has 0 fully saturated rings. The lowest BCUT2D eigenvalue weighted by Crippen LogP contribution is -2.43. The Bertz CT molecular complexity index is 357. The number of carbonyl (C=O) groups excluding carboxylic acids is 1. The topological polar surface area (TPSA) is 81.2 Å². The Labute approximate surface area is 108 Å². The van der Waals surface area contributed by atoms with Gasteiger partial charge in [-0.25, -0.2) is 0 Å². The average molecular weight is 262 g/mol. The van der Waals surface area contributed by atoms with Crippen molar-refractivity contribution in [3.63, 3.8) is 0 Å². The summed E-state index contributed by atoms with van der Waals surface area (Å²) in [6.45, 7) is 7.92. The number of aromatic nitrogens is 1. The number of nitrogens with two attached hydrogens (primary N) is 1. The first-order valence-electron chi connectivity index (χ1n) is 5.38. The molecule has 1 aromatic heterocycles. The molecular formula is C11H20ClN3O2. The minimum absolute atomic E-state index is 0. The Kier molecular flexibility index (Phi) is 6.20. The van der Waals surface area contributed by atoms with Crippen LogP contribution >= 0.6 is 12.4 Å². The zero-order valence-corrected chi connectivity index (χ0v) is 11.4. The van der Waals surface area contributed by atoms with Gasteiger partial charge in [0.25, 0.3) is 0 Å². The van der Waals surface area contributed by atoms with E-state index in [4.69, 9.17) is 10.3 Å². The van der Waals surface area contributed by atoms with Crippen LogP contribution in [0.25, 0.3) is 0 Å². The van der Waals surface area contributed by atoms with Gasteiger partial charge in [-0.1, -0.05) is 19.0 Å². The fourth-order valence-electron chi connectivity index (χ4n) is 1.35. The maximum Gasteiger partial charge on any atom is 0.237 e. The van der Waals surface area contributed by atoms with E-state index < -0.39 is 6.04 Å². The van der Waals surface area contributed by atoms with Crippen molar-refractivity contribution in [3.05, 3.63) is 17.0 Å². The highest BCUT2D eigenvalue weighted by Crippen LogP contribution is 2.11. The molecule has 6 heteroatoms. The van der Waals surface area contributed by atoms with Crippen LogP contribution in [0.15, 0.2) is 4.52 Å². The predicted octanol–water partition coefficient (Wildman–Crippen LogP) is 1.31. The second kappa shape index (κ2) is 6.61. The van der Waals surface area contributed by atoms with Crippen molar-refractivity contribution in [1.29, 1.82) is 0 Å². The Hall–Kier alpha value is -1.07. The average Bonchev–Trinajstić information content (AvgIpc) is 2.54. The normalized spacial score (nSPS) is 12.1. The summed E-state index contributed by atoms with van der Waals surface area (Å²) in [5, 5.41) is 6.60. The third kappa shape index (κ3) is 4.02. The molecule has 1 rings (SSSR count). The lowest BCUT2D eigenvalue weighted by atomic mass is 10.0. The standard InChI is InChI=1S/C11H19N3O2.ClH/c1-6(2)10(12)11(15)13-5-9-7(3)14-16-8(9)4;/h6,10H,5,12H2,1-4H3,(H,13,15);1H/t10-;/m1./s1. The highest BCUT2D eigenvalue weighted by Gasteiger charge is 2.18. The van der Waals surface area contributed by atoms with E-state index in [9.17, 15) is 4.79 Å². The van der Waals surface area contributed by atoms with Crippen molar-refractivity contribution < 1.29 is 9.32 Å². The van der Waals surface area contributed by atoms with Crippen molar-refractivity contribution in [3.8, 4) is 0 Å². The third-order valence-corrected chi connectivity index (χ3v) is 2.64. The Morgan fingerprint density at radius 2 is 2.06 bits per heavy atom. The zero-order valence-electron chi connectivity index (χ0n) is 10.6. The number of nitrogens with one attached hydrogen (secondary N) is 1. The van der Waals surface area contributed by atoms with Gasteiger partial charge in [-0.2, -0.15) is 0 Å². The first-order chi connectivity index (χ1) is 7.43. The minimum atomic E-state index is -0.472. The second-order valence-electron chi connectivity index (χ2n) is 4.29. The molecule has 0 saturated heterocycles. The van der Waals surface area contributed by atoms with Crippen LogP contribution in [0, 0.1) is 19.8 Å². The van der Waals surface area contributed by atoms with Gasteiger partial charge < -0.3 is 15.6 Å². The van der Waals surface area contributed by atoms with E-state index in [1.54, 1.807) is 0 Å². The maximum absolute atomic E-state index is 11.6. The minimum Gasteiger partial charge on any atom is -0.361 e. The number of carbonyl (C=O) groups is 1. The van der Waals surface area contributed by atoms with Crippen molar-refractivity contribution in [2.45, 2.75) is 40.3 Å². The van der Waals surface area contributed by atoms with E-state index in [2.05, 4.69) is 10.5 Å². The molecular weight excluding hydrogens is 242 g/mol. The third-order valence-electron chi connectivity index (χ3n) is 2.64. The van der Waals surface area contributed by atoms with Crippen LogP contribution < -0.4 is 11.1 Å². The van der Waals surface area contributed by atoms with E-state index in [0.29, 0.717) is 6.54 Å². The summed E-state index contributed by atoms with van der Waals surface area (Å²) in [4.78, 5) is 11.6. The molecule has 0 radical (unpaired) electrons. The number of nitrogens with zero attached hydrogens (tertiary/aromatic N) is 1. The molecule has 98 valence electrons. The largest absolute Gasteiger partial charge is 0.361 e. The molecule has 0 spiro atoms. The molecule has 0 aliphatic heterocycles. The summed E-state index contributed by atoms with van der Waals surface area (Å²) in [5.74, 6) is 0.718. The molecule has 5 nitrogen and oxygen atoms in total. The van der Waals surface area contributed by atoms with Crippen LogP contribution in [0.2, 0.25) is 0 Å². The van der Waals surface area contributed by atoms with Crippen LogP contribution in [0.5, 0.6) is 0 Å². The van der Waals surface area contributed by atoms with Crippen molar-refractivity contribution in [1.82, 2.24) is 10.5 Å². The molecule has 0 bridgehead atoms. The SMILES string of the molecule is Cc1noc(C)c1CNC(=O)[C@H](N)C(C)C.Cl. The van der Waals surface area contributed by atoms with E-state index in [-0.39, 0.29) is 24.2 Å². The van der Waals surface area contributed by atoms with Gasteiger partial charge in [0, 0.05) is 12.1 Å². The number of rotatable bonds is 4. The summed E-state index contributed by atoms with van der Waals surface area (Å²) in [5.41, 5.74) is 7.45. The molecule has 0 unspecified atom stereocenters. The van der Waals surface area contributed by atoms with E-state index in [0.717, 1.165) is 17.0 Å². The van der Waals surface area contributed by atoms with Gasteiger partial charge in [-0.15, -0.1) is 12.4 Å². The van der Waals surface area contributed by atoms with E-state index in [1.807, 2.05) is 27.7 Å². The molecule has 17 heavy (non-hydrogen) atoms. The molecule has 0 aliphatic rings. The lowest BCUT2D eigenvalue weighted by Gasteiger charge is -2.15. The Morgan fingerprint density at radius 1 is 1.47 bits per heavy atom. The molecule has 0 saturated carbocycles. The van der Waals surface area contributed by atoms with Gasteiger partial charge in [0.2, 0.25) is 5.91 Å². The number of halogens is 1. The van der Waals surface area contributed by atoms with Crippen molar-refractivity contribution >= 4 is 18.3 Å². The summed E-state index contributed by atoms with van der Waals surface area (Å²) in [6.07, 6.45) is 0. The quantitative estimate of drug-likeness (QED) is 0.856. The lowest BCUT2D eigenvalue weighted by molar-refractivity contribution is -0.123. The van der Waals surface area contributed by atoms with Crippen LogP contribution in [-0.2, 0) is 11.3 Å². The fourth-order valence-corrected chi connectivity index (χ4v) is 1.35. The molecule has 0 aliphatic carbocycles. The van der Waals surface area contributed by atoms with Crippen molar-refractivity contribution in [2.75, 3.05) is 0 Å². The summed E-state index contributed by atoms with van der Waals surface area (Å²) in [7, 11) is 0. The highest BCUT2D eigenvalue weighted by molar-refractivity contribution is 5.85. The molecule has 1 amide bonds. The van der Waals surface area contributed by atoms with Crippen molar-refractivity contribution in [2.24, 2.45) is 11.7 Å². The summed E-state index contributed by atoms with van der Waals surface area (Å²) < 4.78 is 5.00. The first-order valence-corrected chi connectivity index (χ1v) is 5.38. The van der Waals surface area contributed by atoms with E-state index in [1.165, 1.54) is 0 Å².